The minimum Gasteiger partial charge on any atom is -0.497 e. The van der Waals surface area contributed by atoms with E-state index in [1.807, 2.05) is 42.5 Å². The van der Waals surface area contributed by atoms with Gasteiger partial charge in [-0.2, -0.15) is 0 Å². The van der Waals surface area contributed by atoms with Crippen molar-refractivity contribution in [1.29, 1.82) is 0 Å². The Hall–Kier alpha value is -3.18. The number of nitrogens with zero attached hydrogens (tertiary/aromatic N) is 2. The average Bonchev–Trinajstić information content (AvgIpc) is 2.87. The Morgan fingerprint density at radius 3 is 2.78 bits per heavy atom. The molecule has 2 unspecified atom stereocenters. The molecule has 3 aliphatic heterocycles. The van der Waals surface area contributed by atoms with Gasteiger partial charge in [-0.05, 0) is 67.6 Å². The van der Waals surface area contributed by atoms with E-state index in [-0.39, 0.29) is 12.0 Å². The van der Waals surface area contributed by atoms with Gasteiger partial charge in [0, 0.05) is 23.7 Å². The fourth-order valence-corrected chi connectivity index (χ4v) is 5.32. The number of esters is 1. The molecular weight excluding hydrogens is 400 g/mol. The van der Waals surface area contributed by atoms with Crippen LogP contribution in [0.5, 0.6) is 5.75 Å². The molecule has 0 aliphatic carbocycles. The lowest BCUT2D eigenvalue weighted by molar-refractivity contribution is -0.0568. The van der Waals surface area contributed by atoms with Crippen LogP contribution in [0.3, 0.4) is 0 Å². The van der Waals surface area contributed by atoms with E-state index in [0.717, 1.165) is 48.1 Å². The minimum atomic E-state index is -0.395. The maximum Gasteiger partial charge on any atom is 0.338 e. The highest BCUT2D eigenvalue weighted by Gasteiger charge is 2.44. The molecule has 5 atom stereocenters. The van der Waals surface area contributed by atoms with E-state index in [4.69, 9.17) is 9.47 Å². The van der Waals surface area contributed by atoms with Crippen LogP contribution in [0.1, 0.15) is 34.9 Å². The van der Waals surface area contributed by atoms with Gasteiger partial charge < -0.3 is 9.47 Å². The number of rotatable bonds is 6. The van der Waals surface area contributed by atoms with Crippen LogP contribution in [-0.2, 0) is 4.74 Å². The van der Waals surface area contributed by atoms with Crippen LogP contribution in [0.2, 0.25) is 0 Å². The number of benzene rings is 2. The van der Waals surface area contributed by atoms with E-state index in [0.29, 0.717) is 17.4 Å². The maximum absolute atomic E-state index is 13.2. The van der Waals surface area contributed by atoms with Gasteiger partial charge in [-0.3, -0.25) is 9.88 Å². The lowest BCUT2D eigenvalue weighted by Gasteiger charge is -2.51. The van der Waals surface area contributed by atoms with E-state index >= 15 is 0 Å². The Morgan fingerprint density at radius 2 is 2.06 bits per heavy atom. The summed E-state index contributed by atoms with van der Waals surface area (Å²) in [6.45, 7) is 6.03. The summed E-state index contributed by atoms with van der Waals surface area (Å²) in [5, 5.41) is 0.959. The van der Waals surface area contributed by atoms with Gasteiger partial charge >= 0.3 is 5.97 Å². The van der Waals surface area contributed by atoms with E-state index in [9.17, 15) is 4.79 Å². The zero-order valence-electron chi connectivity index (χ0n) is 18.3. The van der Waals surface area contributed by atoms with Crippen molar-refractivity contribution in [2.24, 2.45) is 11.8 Å². The van der Waals surface area contributed by atoms with E-state index in [1.54, 1.807) is 25.4 Å². The average molecular weight is 429 g/mol. The van der Waals surface area contributed by atoms with Gasteiger partial charge in [0.25, 0.3) is 0 Å². The summed E-state index contributed by atoms with van der Waals surface area (Å²) in [5.41, 5.74) is 2.41. The minimum absolute atomic E-state index is 0.120. The standard InChI is InChI=1S/C27H28N2O3/c1-3-18-17-29-14-12-20(18)15-25(29)26(32-27(30)19-7-5-4-6-8-19)22-11-13-28-24-10-9-21(31-2)16-23(22)24/h3-11,13,16,18,20,25-26H,1,12,14-15,17H2,2H3/t18?,20-,25-,26+/m0/s1. The number of methoxy groups -OCH3 is 1. The molecule has 3 aliphatic rings. The quantitative estimate of drug-likeness (QED) is 0.407. The highest BCUT2D eigenvalue weighted by Crippen LogP contribution is 2.43. The van der Waals surface area contributed by atoms with Crippen LogP contribution in [0.15, 0.2) is 73.4 Å². The smallest absolute Gasteiger partial charge is 0.338 e. The fourth-order valence-electron chi connectivity index (χ4n) is 5.32. The number of piperidine rings is 3. The van der Waals surface area contributed by atoms with Gasteiger partial charge in [-0.15, -0.1) is 6.58 Å². The molecule has 5 heteroatoms. The molecule has 0 amide bonds. The number of ether oxygens (including phenoxy) is 2. The molecule has 4 heterocycles. The second-order valence-corrected chi connectivity index (χ2v) is 8.72. The molecule has 3 saturated heterocycles. The Bertz CT molecular complexity index is 1130. The number of carbonyl (C=O) groups is 1. The summed E-state index contributed by atoms with van der Waals surface area (Å²) in [6.07, 6.45) is 5.64. The monoisotopic (exact) mass is 428 g/mol. The predicted octanol–water partition coefficient (Wildman–Crippen LogP) is 5.04. The summed E-state index contributed by atoms with van der Waals surface area (Å²) >= 11 is 0. The van der Waals surface area contributed by atoms with E-state index in [2.05, 4.69) is 22.5 Å². The first-order valence-corrected chi connectivity index (χ1v) is 11.2. The van der Waals surface area contributed by atoms with Crippen LogP contribution in [0, 0.1) is 11.8 Å². The molecule has 0 radical (unpaired) electrons. The Labute approximate surface area is 188 Å². The van der Waals surface area contributed by atoms with Crippen molar-refractivity contribution in [1.82, 2.24) is 9.88 Å². The van der Waals surface area contributed by atoms with Gasteiger partial charge in [0.15, 0.2) is 0 Å². The number of fused-ring (bicyclic) bond motifs is 4. The molecule has 2 aromatic carbocycles. The fraction of sp³-hybridized carbons (Fsp3) is 0.333. The molecule has 6 rings (SSSR count). The molecule has 0 saturated carbocycles. The number of aromatic nitrogens is 1. The van der Waals surface area contributed by atoms with Gasteiger partial charge in [-0.1, -0.05) is 24.3 Å². The molecule has 5 nitrogen and oxygen atoms in total. The van der Waals surface area contributed by atoms with Crippen LogP contribution in [0.25, 0.3) is 10.9 Å². The third-order valence-electron chi connectivity index (χ3n) is 7.04. The highest BCUT2D eigenvalue weighted by atomic mass is 16.5. The zero-order chi connectivity index (χ0) is 22.1. The Morgan fingerprint density at radius 1 is 1.22 bits per heavy atom. The lowest BCUT2D eigenvalue weighted by Crippen LogP contribution is -2.55. The van der Waals surface area contributed by atoms with Crippen LogP contribution in [0.4, 0.5) is 0 Å². The van der Waals surface area contributed by atoms with Crippen molar-refractivity contribution in [2.45, 2.75) is 25.0 Å². The van der Waals surface area contributed by atoms with Crippen molar-refractivity contribution in [3.05, 3.63) is 84.6 Å². The van der Waals surface area contributed by atoms with Crippen LogP contribution in [-0.4, -0.2) is 42.1 Å². The van der Waals surface area contributed by atoms with Crippen LogP contribution >= 0.6 is 0 Å². The SMILES string of the molecule is C=CC1CN2CC[C@H]1C[C@H]2[C@H](OC(=O)c1ccccc1)c1ccnc2ccc(OC)cc12. The van der Waals surface area contributed by atoms with Gasteiger partial charge in [0.05, 0.1) is 24.2 Å². The highest BCUT2D eigenvalue weighted by molar-refractivity contribution is 5.90. The van der Waals surface area contributed by atoms with Crippen molar-refractivity contribution >= 4 is 16.9 Å². The summed E-state index contributed by atoms with van der Waals surface area (Å²) in [5.74, 6) is 1.53. The van der Waals surface area contributed by atoms with Gasteiger partial charge in [0.2, 0.25) is 0 Å². The molecule has 3 fully saturated rings. The second kappa shape index (κ2) is 8.75. The molecule has 2 bridgehead atoms. The first kappa shape index (κ1) is 20.7. The number of hydrogen-bond acceptors (Lipinski definition) is 5. The van der Waals surface area contributed by atoms with Gasteiger partial charge in [-0.25, -0.2) is 4.79 Å². The first-order valence-electron chi connectivity index (χ1n) is 11.2. The molecule has 0 N–H and O–H groups in total. The molecule has 1 aromatic heterocycles. The van der Waals surface area contributed by atoms with Crippen molar-refractivity contribution in [2.75, 3.05) is 20.2 Å². The Kier molecular flexibility index (Phi) is 5.66. The van der Waals surface area contributed by atoms with Crippen LogP contribution < -0.4 is 4.74 Å². The van der Waals surface area contributed by atoms with Crippen molar-refractivity contribution in [3.8, 4) is 5.75 Å². The third kappa shape index (κ3) is 3.78. The summed E-state index contributed by atoms with van der Waals surface area (Å²) in [7, 11) is 1.66. The topological polar surface area (TPSA) is 51.7 Å². The molecule has 0 spiro atoms. The number of hydrogen-bond donors (Lipinski definition) is 0. The molecule has 3 aromatic rings. The molecule has 32 heavy (non-hydrogen) atoms. The van der Waals surface area contributed by atoms with E-state index < -0.39 is 6.10 Å². The van der Waals surface area contributed by atoms with E-state index in [1.165, 1.54) is 0 Å². The number of pyridine rings is 1. The Balaban J connectivity index is 1.57. The lowest BCUT2D eigenvalue weighted by atomic mass is 9.73. The van der Waals surface area contributed by atoms with Crippen molar-refractivity contribution in [3.63, 3.8) is 0 Å². The first-order chi connectivity index (χ1) is 15.7. The summed E-state index contributed by atoms with van der Waals surface area (Å²) in [4.78, 5) is 20.2. The van der Waals surface area contributed by atoms with Gasteiger partial charge in [0.1, 0.15) is 11.9 Å². The molecular formula is C27H28N2O3. The largest absolute Gasteiger partial charge is 0.497 e. The summed E-state index contributed by atoms with van der Waals surface area (Å²) < 4.78 is 11.8. The predicted molar refractivity (Wildman–Crippen MR) is 125 cm³/mol. The normalized spacial score (nSPS) is 25.3. The maximum atomic E-state index is 13.2. The van der Waals surface area contributed by atoms with Crippen molar-refractivity contribution < 1.29 is 14.3 Å². The number of carbonyl (C=O) groups excluding carboxylic acids is 1. The third-order valence-corrected chi connectivity index (χ3v) is 7.04. The zero-order valence-corrected chi connectivity index (χ0v) is 18.3. The second-order valence-electron chi connectivity index (χ2n) is 8.72. The molecule has 164 valence electrons. The summed E-state index contributed by atoms with van der Waals surface area (Å²) in [6, 6.07) is 17.2.